The van der Waals surface area contributed by atoms with E-state index in [1.807, 2.05) is 24.3 Å². The lowest BCUT2D eigenvalue weighted by molar-refractivity contribution is -0.118. The Balaban J connectivity index is 2.28. The molecule has 62 valence electrons. The number of hydrogen-bond donors (Lipinski definition) is 1. The number of amides is 1. The van der Waals surface area contributed by atoms with Gasteiger partial charge >= 0.3 is 0 Å². The van der Waals surface area contributed by atoms with Crippen LogP contribution in [0, 0.1) is 0 Å². The fourth-order valence-electron chi connectivity index (χ4n) is 1.37. The summed E-state index contributed by atoms with van der Waals surface area (Å²) in [5.74, 6) is 0. The van der Waals surface area contributed by atoms with Crippen LogP contribution in [0.4, 0.5) is 5.69 Å². The molecule has 1 heterocycles. The largest absolute Gasteiger partial charge is 0.367 e. The molecule has 1 N–H and O–H groups in total. The molecule has 1 aliphatic rings. The van der Waals surface area contributed by atoms with Gasteiger partial charge in [-0.15, -0.1) is 0 Å². The quantitative estimate of drug-likeness (QED) is 0.625. The number of fused-ring (bicyclic) bond motifs is 1. The number of benzene rings is 1. The lowest BCUT2D eigenvalue weighted by Crippen LogP contribution is -2.32. The molecule has 12 heavy (non-hydrogen) atoms. The van der Waals surface area contributed by atoms with Gasteiger partial charge in [0.2, 0.25) is 6.41 Å². The number of carbonyl (C=O) groups excluding carboxylic acids is 1. The summed E-state index contributed by atoms with van der Waals surface area (Å²) in [7, 11) is 0. The summed E-state index contributed by atoms with van der Waals surface area (Å²) in [6, 6.07) is 8.02. The van der Waals surface area contributed by atoms with Crippen molar-refractivity contribution in [1.29, 1.82) is 0 Å². The summed E-state index contributed by atoms with van der Waals surface area (Å²) in [5, 5.41) is 3.16. The first-order valence-electron chi connectivity index (χ1n) is 3.91. The van der Waals surface area contributed by atoms with Crippen molar-refractivity contribution in [2.75, 3.05) is 12.0 Å². The number of hydrogen-bond acceptors (Lipinski definition) is 2. The van der Waals surface area contributed by atoms with E-state index in [1.54, 1.807) is 4.90 Å². The molecule has 1 amide bonds. The van der Waals surface area contributed by atoms with Crippen LogP contribution in [0.1, 0.15) is 5.56 Å². The van der Waals surface area contributed by atoms with Gasteiger partial charge in [-0.1, -0.05) is 18.2 Å². The lowest BCUT2D eigenvalue weighted by Gasteiger charge is -2.26. The molecular formula is C9H10N2O. The molecule has 0 radical (unpaired) electrons. The maximum absolute atomic E-state index is 10.5. The van der Waals surface area contributed by atoms with E-state index in [9.17, 15) is 4.79 Å². The second kappa shape index (κ2) is 2.85. The molecule has 3 nitrogen and oxygen atoms in total. The van der Waals surface area contributed by atoms with Gasteiger partial charge in [0.25, 0.3) is 0 Å². The Bertz CT molecular complexity index is 298. The first-order chi connectivity index (χ1) is 5.90. The van der Waals surface area contributed by atoms with Crippen molar-refractivity contribution in [2.24, 2.45) is 0 Å². The Morgan fingerprint density at radius 1 is 1.42 bits per heavy atom. The number of rotatable bonds is 1. The summed E-state index contributed by atoms with van der Waals surface area (Å²) in [6.45, 7) is 1.33. The van der Waals surface area contributed by atoms with Crippen LogP contribution in [0.2, 0.25) is 0 Å². The highest BCUT2D eigenvalue weighted by Crippen LogP contribution is 2.19. The molecule has 1 aromatic rings. The van der Waals surface area contributed by atoms with Crippen LogP contribution in [0.15, 0.2) is 24.3 Å². The summed E-state index contributed by atoms with van der Waals surface area (Å²) >= 11 is 0. The normalized spacial score (nSPS) is 14.8. The van der Waals surface area contributed by atoms with E-state index in [4.69, 9.17) is 0 Å². The average Bonchev–Trinajstić information content (AvgIpc) is 2.17. The predicted octanol–water partition coefficient (Wildman–Crippen LogP) is 1.03. The maximum atomic E-state index is 10.5. The van der Waals surface area contributed by atoms with Crippen molar-refractivity contribution in [3.8, 4) is 0 Å². The second-order valence-corrected chi connectivity index (χ2v) is 2.84. The van der Waals surface area contributed by atoms with Gasteiger partial charge in [-0.05, 0) is 11.6 Å². The summed E-state index contributed by atoms with van der Waals surface area (Å²) < 4.78 is 0. The number of nitrogens with one attached hydrogen (secondary N) is 1. The number of para-hydroxylation sites is 1. The zero-order chi connectivity index (χ0) is 8.39. The van der Waals surface area contributed by atoms with Crippen LogP contribution in [0.5, 0.6) is 0 Å². The van der Waals surface area contributed by atoms with Crippen LogP contribution in [-0.4, -0.2) is 18.0 Å². The number of nitrogens with zero attached hydrogens (tertiary/aromatic N) is 1. The molecule has 1 aliphatic heterocycles. The number of carbonyl (C=O) groups is 1. The lowest BCUT2D eigenvalue weighted by atomic mass is 10.1. The zero-order valence-electron chi connectivity index (χ0n) is 6.66. The van der Waals surface area contributed by atoms with Gasteiger partial charge in [-0.3, -0.25) is 4.79 Å². The molecule has 3 heteroatoms. The molecular weight excluding hydrogens is 152 g/mol. The highest BCUT2D eigenvalue weighted by Gasteiger charge is 2.11. The third-order valence-electron chi connectivity index (χ3n) is 2.01. The molecule has 1 aromatic carbocycles. The topological polar surface area (TPSA) is 32.3 Å². The van der Waals surface area contributed by atoms with Crippen LogP contribution in [0.25, 0.3) is 0 Å². The van der Waals surface area contributed by atoms with Crippen molar-refractivity contribution < 1.29 is 4.79 Å². The fourth-order valence-corrected chi connectivity index (χ4v) is 1.37. The van der Waals surface area contributed by atoms with E-state index in [1.165, 1.54) is 5.56 Å². The van der Waals surface area contributed by atoms with Gasteiger partial charge in [0.15, 0.2) is 0 Å². The molecule has 0 saturated heterocycles. The van der Waals surface area contributed by atoms with Crippen molar-refractivity contribution in [3.05, 3.63) is 29.8 Å². The van der Waals surface area contributed by atoms with E-state index < -0.39 is 0 Å². The van der Waals surface area contributed by atoms with Crippen molar-refractivity contribution >= 4 is 12.1 Å². The highest BCUT2D eigenvalue weighted by atomic mass is 16.1. The maximum Gasteiger partial charge on any atom is 0.211 e. The Kier molecular flexibility index (Phi) is 1.70. The highest BCUT2D eigenvalue weighted by molar-refractivity contribution is 5.57. The van der Waals surface area contributed by atoms with E-state index >= 15 is 0 Å². The average molecular weight is 162 g/mol. The van der Waals surface area contributed by atoms with Crippen molar-refractivity contribution in [3.63, 3.8) is 0 Å². The molecule has 0 bridgehead atoms. The van der Waals surface area contributed by atoms with Crippen LogP contribution >= 0.6 is 0 Å². The minimum absolute atomic E-state index is 0.612. The molecule has 0 aromatic heterocycles. The van der Waals surface area contributed by atoms with Crippen LogP contribution in [-0.2, 0) is 11.3 Å². The Morgan fingerprint density at radius 2 is 2.25 bits per heavy atom. The standard InChI is InChI=1S/C9H10N2O/c12-7-11-5-8-3-1-2-4-9(8)10-6-11/h1-4,7,10H,5-6H2. The summed E-state index contributed by atoms with van der Waals surface area (Å²) in [6.07, 6.45) is 0.864. The van der Waals surface area contributed by atoms with Gasteiger partial charge in [0.05, 0.1) is 6.67 Å². The monoisotopic (exact) mass is 162 g/mol. The van der Waals surface area contributed by atoms with Crippen LogP contribution in [0.3, 0.4) is 0 Å². The minimum atomic E-state index is 0.612. The Hall–Kier alpha value is -1.51. The van der Waals surface area contributed by atoms with E-state index in [-0.39, 0.29) is 0 Å². The van der Waals surface area contributed by atoms with E-state index in [0.29, 0.717) is 13.2 Å². The molecule has 0 fully saturated rings. The Morgan fingerprint density at radius 3 is 3.08 bits per heavy atom. The zero-order valence-corrected chi connectivity index (χ0v) is 6.66. The third-order valence-corrected chi connectivity index (χ3v) is 2.01. The molecule has 0 atom stereocenters. The van der Waals surface area contributed by atoms with Crippen LogP contribution < -0.4 is 5.32 Å². The molecule has 2 rings (SSSR count). The van der Waals surface area contributed by atoms with Gasteiger partial charge in [-0.25, -0.2) is 0 Å². The van der Waals surface area contributed by atoms with Crippen molar-refractivity contribution in [1.82, 2.24) is 4.90 Å². The van der Waals surface area contributed by atoms with Gasteiger partial charge < -0.3 is 10.2 Å². The Labute approximate surface area is 71.0 Å². The van der Waals surface area contributed by atoms with E-state index in [2.05, 4.69) is 5.32 Å². The van der Waals surface area contributed by atoms with E-state index in [0.717, 1.165) is 12.1 Å². The summed E-state index contributed by atoms with van der Waals surface area (Å²) in [5.41, 5.74) is 2.31. The molecule has 0 unspecified atom stereocenters. The first kappa shape index (κ1) is 7.16. The number of anilines is 1. The molecule has 0 aliphatic carbocycles. The molecule has 0 saturated carbocycles. The molecule has 0 spiro atoms. The van der Waals surface area contributed by atoms with Gasteiger partial charge in [0, 0.05) is 12.2 Å². The minimum Gasteiger partial charge on any atom is -0.367 e. The van der Waals surface area contributed by atoms with Gasteiger partial charge in [-0.2, -0.15) is 0 Å². The first-order valence-corrected chi connectivity index (χ1v) is 3.91. The van der Waals surface area contributed by atoms with Crippen molar-refractivity contribution in [2.45, 2.75) is 6.54 Å². The van der Waals surface area contributed by atoms with Gasteiger partial charge in [0.1, 0.15) is 0 Å². The third kappa shape index (κ3) is 1.13. The fraction of sp³-hybridized carbons (Fsp3) is 0.222. The second-order valence-electron chi connectivity index (χ2n) is 2.84. The summed E-state index contributed by atoms with van der Waals surface area (Å²) in [4.78, 5) is 12.2. The SMILES string of the molecule is O=CN1CNc2ccccc2C1. The smallest absolute Gasteiger partial charge is 0.211 e. The predicted molar refractivity (Wildman–Crippen MR) is 46.5 cm³/mol.